The fourth-order valence-electron chi connectivity index (χ4n) is 1.97. The predicted octanol–water partition coefficient (Wildman–Crippen LogP) is -0.936. The Kier molecular flexibility index (Phi) is 3.87. The van der Waals surface area contributed by atoms with Gasteiger partial charge in [0.15, 0.2) is 0 Å². The van der Waals surface area contributed by atoms with Crippen LogP contribution in [-0.4, -0.2) is 57.6 Å². The number of hydrogen-bond acceptors (Lipinski definition) is 5. The van der Waals surface area contributed by atoms with Crippen LogP contribution < -0.4 is 5.32 Å². The second-order valence-electron chi connectivity index (χ2n) is 4.17. The first-order valence-electron chi connectivity index (χ1n) is 5.70. The summed E-state index contributed by atoms with van der Waals surface area (Å²) in [5, 5.41) is 20.1. The molecule has 6 nitrogen and oxygen atoms in total. The van der Waals surface area contributed by atoms with Crippen LogP contribution in [0.4, 0.5) is 0 Å². The van der Waals surface area contributed by atoms with E-state index in [2.05, 4.69) is 25.0 Å². The number of fused-ring (bicyclic) bond motifs is 1. The molecular formula is C10H19N5O. The van der Waals surface area contributed by atoms with Gasteiger partial charge < -0.3 is 15.0 Å². The number of likely N-dealkylation sites (N-methyl/N-ethyl adjacent to an activating group) is 1. The standard InChI is InChI=1S/C10H19N5O/c1-11-9(7-16)2-3-14-4-5-15-8-12-13-10(15)6-14/h8-9,11,16H,2-7H2,1H3. The average molecular weight is 225 g/mol. The van der Waals surface area contributed by atoms with Crippen LogP contribution in [0.3, 0.4) is 0 Å². The molecule has 0 spiro atoms. The largest absolute Gasteiger partial charge is 0.395 e. The summed E-state index contributed by atoms with van der Waals surface area (Å²) in [6, 6.07) is 0.194. The highest BCUT2D eigenvalue weighted by Crippen LogP contribution is 2.09. The molecule has 1 aliphatic heterocycles. The van der Waals surface area contributed by atoms with Crippen LogP contribution in [0.25, 0.3) is 0 Å². The molecule has 90 valence electrons. The number of rotatable bonds is 5. The van der Waals surface area contributed by atoms with Crippen molar-refractivity contribution in [3.05, 3.63) is 12.2 Å². The lowest BCUT2D eigenvalue weighted by Crippen LogP contribution is -2.38. The Morgan fingerprint density at radius 2 is 2.44 bits per heavy atom. The van der Waals surface area contributed by atoms with E-state index in [1.54, 1.807) is 6.33 Å². The molecule has 6 heteroatoms. The van der Waals surface area contributed by atoms with Crippen LogP contribution in [0.2, 0.25) is 0 Å². The van der Waals surface area contributed by atoms with E-state index in [1.807, 2.05) is 7.05 Å². The summed E-state index contributed by atoms with van der Waals surface area (Å²) in [7, 11) is 1.88. The molecule has 16 heavy (non-hydrogen) atoms. The monoisotopic (exact) mass is 225 g/mol. The minimum absolute atomic E-state index is 0.194. The molecule has 1 aromatic rings. The molecule has 1 unspecified atom stereocenters. The smallest absolute Gasteiger partial charge is 0.147 e. The van der Waals surface area contributed by atoms with E-state index in [1.165, 1.54) is 0 Å². The van der Waals surface area contributed by atoms with Gasteiger partial charge in [0.05, 0.1) is 13.2 Å². The topological polar surface area (TPSA) is 66.2 Å². The van der Waals surface area contributed by atoms with Gasteiger partial charge in [0.2, 0.25) is 0 Å². The summed E-state index contributed by atoms with van der Waals surface area (Å²) in [6.07, 6.45) is 2.75. The SMILES string of the molecule is CNC(CO)CCN1CCn2cnnc2C1. The molecule has 0 aliphatic carbocycles. The lowest BCUT2D eigenvalue weighted by molar-refractivity contribution is 0.184. The van der Waals surface area contributed by atoms with Crippen LogP contribution in [0.5, 0.6) is 0 Å². The number of nitrogens with zero attached hydrogens (tertiary/aromatic N) is 4. The Balaban J connectivity index is 1.81. The fourth-order valence-corrected chi connectivity index (χ4v) is 1.97. The minimum Gasteiger partial charge on any atom is -0.395 e. The Labute approximate surface area is 95.3 Å². The van der Waals surface area contributed by atoms with Gasteiger partial charge in [0.25, 0.3) is 0 Å². The lowest BCUT2D eigenvalue weighted by Gasteiger charge is -2.28. The van der Waals surface area contributed by atoms with Gasteiger partial charge in [0, 0.05) is 25.7 Å². The maximum Gasteiger partial charge on any atom is 0.147 e. The third-order valence-electron chi connectivity index (χ3n) is 3.14. The third-order valence-corrected chi connectivity index (χ3v) is 3.14. The van der Waals surface area contributed by atoms with Crippen LogP contribution >= 0.6 is 0 Å². The number of aliphatic hydroxyl groups is 1. The van der Waals surface area contributed by atoms with Gasteiger partial charge in [-0.15, -0.1) is 10.2 Å². The zero-order valence-corrected chi connectivity index (χ0v) is 9.63. The first-order chi connectivity index (χ1) is 7.83. The van der Waals surface area contributed by atoms with Crippen molar-refractivity contribution in [2.75, 3.05) is 26.7 Å². The van der Waals surface area contributed by atoms with Crippen LogP contribution in [-0.2, 0) is 13.1 Å². The summed E-state index contributed by atoms with van der Waals surface area (Å²) in [5.74, 6) is 1.04. The molecule has 0 amide bonds. The number of hydrogen-bond donors (Lipinski definition) is 2. The van der Waals surface area contributed by atoms with Crippen molar-refractivity contribution in [1.29, 1.82) is 0 Å². The quantitative estimate of drug-likeness (QED) is 0.677. The molecule has 1 aromatic heterocycles. The Morgan fingerprint density at radius 3 is 3.19 bits per heavy atom. The van der Waals surface area contributed by atoms with Crippen molar-refractivity contribution in [2.24, 2.45) is 0 Å². The van der Waals surface area contributed by atoms with Crippen molar-refractivity contribution in [3.8, 4) is 0 Å². The fraction of sp³-hybridized carbons (Fsp3) is 0.800. The van der Waals surface area contributed by atoms with Crippen LogP contribution in [0.1, 0.15) is 12.2 Å². The minimum atomic E-state index is 0.194. The summed E-state index contributed by atoms with van der Waals surface area (Å²) < 4.78 is 2.10. The molecule has 1 aliphatic rings. The van der Waals surface area contributed by atoms with Crippen LogP contribution in [0, 0.1) is 0 Å². The number of aromatic nitrogens is 3. The third kappa shape index (κ3) is 2.58. The molecule has 1 atom stereocenters. The molecule has 0 radical (unpaired) electrons. The van der Waals surface area contributed by atoms with Gasteiger partial charge in [0.1, 0.15) is 12.2 Å². The van der Waals surface area contributed by atoms with Crippen molar-refractivity contribution in [3.63, 3.8) is 0 Å². The molecule has 0 saturated heterocycles. The first-order valence-corrected chi connectivity index (χ1v) is 5.70. The van der Waals surface area contributed by atoms with Crippen molar-refractivity contribution in [2.45, 2.75) is 25.6 Å². The van der Waals surface area contributed by atoms with E-state index >= 15 is 0 Å². The van der Waals surface area contributed by atoms with E-state index in [9.17, 15) is 0 Å². The second-order valence-corrected chi connectivity index (χ2v) is 4.17. The zero-order valence-electron chi connectivity index (χ0n) is 9.63. The summed E-state index contributed by atoms with van der Waals surface area (Å²) in [4.78, 5) is 2.35. The molecule has 0 bridgehead atoms. The highest BCUT2D eigenvalue weighted by molar-refractivity contribution is 4.89. The highest BCUT2D eigenvalue weighted by Gasteiger charge is 2.17. The van der Waals surface area contributed by atoms with Gasteiger partial charge >= 0.3 is 0 Å². The molecule has 0 fully saturated rings. The second kappa shape index (κ2) is 5.38. The highest BCUT2D eigenvalue weighted by atomic mass is 16.3. The Bertz CT molecular complexity index is 323. The zero-order chi connectivity index (χ0) is 11.4. The average Bonchev–Trinajstić information content (AvgIpc) is 2.77. The maximum absolute atomic E-state index is 9.07. The Morgan fingerprint density at radius 1 is 1.56 bits per heavy atom. The van der Waals surface area contributed by atoms with Crippen molar-refractivity contribution >= 4 is 0 Å². The van der Waals surface area contributed by atoms with Gasteiger partial charge in [-0.2, -0.15) is 0 Å². The lowest BCUT2D eigenvalue weighted by atomic mass is 10.2. The number of aliphatic hydroxyl groups excluding tert-OH is 1. The summed E-state index contributed by atoms with van der Waals surface area (Å²) in [5.41, 5.74) is 0. The van der Waals surface area contributed by atoms with Gasteiger partial charge in [-0.1, -0.05) is 0 Å². The van der Waals surface area contributed by atoms with Crippen molar-refractivity contribution < 1.29 is 5.11 Å². The molecule has 2 rings (SSSR count). The van der Waals surface area contributed by atoms with E-state index in [0.717, 1.165) is 38.4 Å². The van der Waals surface area contributed by atoms with Gasteiger partial charge in [-0.05, 0) is 13.5 Å². The molecule has 0 saturated carbocycles. The van der Waals surface area contributed by atoms with E-state index in [-0.39, 0.29) is 12.6 Å². The molecule has 2 heterocycles. The molecule has 2 N–H and O–H groups in total. The van der Waals surface area contributed by atoms with Crippen LogP contribution in [0.15, 0.2) is 6.33 Å². The number of nitrogens with one attached hydrogen (secondary N) is 1. The first kappa shape index (κ1) is 11.5. The van der Waals surface area contributed by atoms with Gasteiger partial charge in [-0.25, -0.2) is 0 Å². The molecule has 0 aromatic carbocycles. The summed E-state index contributed by atoms with van der Waals surface area (Å²) in [6.45, 7) is 4.04. The Hall–Kier alpha value is -0.980. The van der Waals surface area contributed by atoms with Gasteiger partial charge in [-0.3, -0.25) is 4.90 Å². The molecular weight excluding hydrogens is 206 g/mol. The maximum atomic E-state index is 9.07. The predicted molar refractivity (Wildman–Crippen MR) is 59.8 cm³/mol. The van der Waals surface area contributed by atoms with E-state index in [0.29, 0.717) is 0 Å². The van der Waals surface area contributed by atoms with E-state index < -0.39 is 0 Å². The van der Waals surface area contributed by atoms with E-state index in [4.69, 9.17) is 5.11 Å². The van der Waals surface area contributed by atoms with Crippen molar-refractivity contribution in [1.82, 2.24) is 25.0 Å². The summed E-state index contributed by atoms with van der Waals surface area (Å²) >= 11 is 0. The normalized spacial score (nSPS) is 18.4.